The molecule has 1 fully saturated rings. The zero-order chi connectivity index (χ0) is 42.9. The molecule has 0 N–H and O–H groups in total. The summed E-state index contributed by atoms with van der Waals surface area (Å²) in [4.78, 5) is 0. The van der Waals surface area contributed by atoms with Gasteiger partial charge >= 0.3 is 0 Å². The summed E-state index contributed by atoms with van der Waals surface area (Å²) in [5.41, 5.74) is 1.63. The average Bonchev–Trinajstić information content (AvgIpc) is 3.23. The molecule has 5 aromatic rings. The molecule has 0 amide bonds. The SMILES string of the molecule is CCCC=CC1OC(C)(C)OC(CC(COC(c2ccccc2)(c2ccccc2)c2ccccc2)OS(C)(=O)=O)C1CO[Si](c1ccccc1)(c1ccccc1)C(C)(C)C. The number of benzene rings is 5. The summed E-state index contributed by atoms with van der Waals surface area (Å²) in [6.07, 6.45) is 5.61. The van der Waals surface area contributed by atoms with Gasteiger partial charge in [0.2, 0.25) is 0 Å². The standard InChI is InChI=1S/C51H62O7SSi/c1-8-9-15-36-47-46(39-55-60(49(2,3)4,44-32-22-13-23-33-44)45-34-24-14-25-35-45)48(57-50(5,6)56-47)37-43(58-59(7,52)53)38-54-51(40-26-16-10-17-27-40,41-28-18-11-19-29-41)42-30-20-12-21-31-42/h10-36,43,46-48H,8-9,37-39H2,1-7H3. The molecular weight excluding hydrogens is 785 g/mol. The molecule has 1 aliphatic rings. The first-order valence-corrected chi connectivity index (χ1v) is 24.9. The van der Waals surface area contributed by atoms with E-state index in [0.717, 1.165) is 35.8 Å². The van der Waals surface area contributed by atoms with E-state index in [9.17, 15) is 8.42 Å². The van der Waals surface area contributed by atoms with Crippen molar-refractivity contribution in [1.29, 1.82) is 0 Å². The van der Waals surface area contributed by atoms with Crippen molar-refractivity contribution < 1.29 is 31.2 Å². The Hall–Kier alpha value is -4.19. The van der Waals surface area contributed by atoms with Gasteiger partial charge in [0.1, 0.15) is 11.7 Å². The van der Waals surface area contributed by atoms with Crippen LogP contribution in [0.5, 0.6) is 0 Å². The Morgan fingerprint density at radius 3 is 1.58 bits per heavy atom. The molecule has 0 aliphatic carbocycles. The molecule has 7 nitrogen and oxygen atoms in total. The van der Waals surface area contributed by atoms with Crippen LogP contribution >= 0.6 is 0 Å². The van der Waals surface area contributed by atoms with Crippen LogP contribution in [0.4, 0.5) is 0 Å². The maximum Gasteiger partial charge on any atom is 0.264 e. The van der Waals surface area contributed by atoms with Gasteiger partial charge in [-0.1, -0.05) is 198 Å². The first kappa shape index (κ1) is 45.3. The monoisotopic (exact) mass is 846 g/mol. The number of unbranched alkanes of at least 4 members (excludes halogenated alkanes) is 1. The molecule has 0 spiro atoms. The van der Waals surface area contributed by atoms with Crippen molar-refractivity contribution in [3.63, 3.8) is 0 Å². The summed E-state index contributed by atoms with van der Waals surface area (Å²) in [6.45, 7) is 13.0. The summed E-state index contributed by atoms with van der Waals surface area (Å²) < 4.78 is 60.7. The fourth-order valence-corrected chi connectivity index (χ4v) is 13.9. The lowest BCUT2D eigenvalue weighted by Gasteiger charge is -2.49. The van der Waals surface area contributed by atoms with E-state index < -0.39 is 42.0 Å². The van der Waals surface area contributed by atoms with Gasteiger partial charge in [0.05, 0.1) is 25.1 Å². The Labute approximate surface area is 360 Å². The first-order valence-electron chi connectivity index (χ1n) is 21.1. The van der Waals surface area contributed by atoms with E-state index in [4.69, 9.17) is 22.8 Å². The molecule has 0 radical (unpaired) electrons. The topological polar surface area (TPSA) is 80.3 Å². The van der Waals surface area contributed by atoms with Crippen LogP contribution in [0.15, 0.2) is 164 Å². The second-order valence-corrected chi connectivity index (χ2v) is 23.1. The number of ether oxygens (including phenoxy) is 3. The summed E-state index contributed by atoms with van der Waals surface area (Å²) in [5.74, 6) is -1.32. The quantitative estimate of drug-likeness (QED) is 0.0376. The molecule has 1 heterocycles. The molecule has 0 bridgehead atoms. The van der Waals surface area contributed by atoms with Gasteiger partial charge in [-0.05, 0) is 52.4 Å². The minimum absolute atomic E-state index is 0.0640. The third kappa shape index (κ3) is 10.6. The van der Waals surface area contributed by atoms with Crippen LogP contribution in [0.25, 0.3) is 0 Å². The lowest BCUT2D eigenvalue weighted by atomic mass is 9.80. The first-order chi connectivity index (χ1) is 28.7. The van der Waals surface area contributed by atoms with Crippen molar-refractivity contribution in [3.8, 4) is 0 Å². The maximum absolute atomic E-state index is 13.2. The van der Waals surface area contributed by atoms with Gasteiger partial charge in [-0.15, -0.1) is 0 Å². The van der Waals surface area contributed by atoms with E-state index in [1.807, 2.05) is 117 Å². The molecule has 4 atom stereocenters. The number of rotatable bonds is 18. The molecule has 5 aromatic carbocycles. The molecule has 1 aliphatic heterocycles. The summed E-state index contributed by atoms with van der Waals surface area (Å²) >= 11 is 0. The predicted octanol–water partition coefficient (Wildman–Crippen LogP) is 9.80. The van der Waals surface area contributed by atoms with Gasteiger partial charge < -0.3 is 18.6 Å². The molecule has 4 unspecified atom stereocenters. The highest BCUT2D eigenvalue weighted by Crippen LogP contribution is 2.43. The molecular formula is C51H62O7SSi. The lowest BCUT2D eigenvalue weighted by Crippen LogP contribution is -2.67. The van der Waals surface area contributed by atoms with E-state index in [-0.39, 0.29) is 30.1 Å². The Balaban J connectivity index is 1.43. The van der Waals surface area contributed by atoms with Crippen LogP contribution in [0.3, 0.4) is 0 Å². The third-order valence-corrected chi connectivity index (χ3v) is 16.9. The molecule has 1 saturated heterocycles. The Kier molecular flexibility index (Phi) is 14.9. The van der Waals surface area contributed by atoms with Crippen LogP contribution in [-0.2, 0) is 38.5 Å². The van der Waals surface area contributed by atoms with Crippen molar-refractivity contribution in [2.75, 3.05) is 19.5 Å². The number of hydrogen-bond donors (Lipinski definition) is 0. The molecule has 0 aromatic heterocycles. The largest absolute Gasteiger partial charge is 0.407 e. The average molecular weight is 847 g/mol. The van der Waals surface area contributed by atoms with Crippen LogP contribution in [0.1, 0.15) is 77.5 Å². The molecule has 6 rings (SSSR count). The van der Waals surface area contributed by atoms with Crippen molar-refractivity contribution in [3.05, 3.63) is 181 Å². The van der Waals surface area contributed by atoms with Crippen LogP contribution < -0.4 is 10.4 Å². The highest BCUT2D eigenvalue weighted by atomic mass is 32.2. The van der Waals surface area contributed by atoms with Gasteiger partial charge in [-0.2, -0.15) is 8.42 Å². The molecule has 318 valence electrons. The van der Waals surface area contributed by atoms with Crippen molar-refractivity contribution in [2.24, 2.45) is 5.92 Å². The Morgan fingerprint density at radius 1 is 0.717 bits per heavy atom. The van der Waals surface area contributed by atoms with Crippen LogP contribution in [-0.4, -0.2) is 60.3 Å². The highest BCUT2D eigenvalue weighted by molar-refractivity contribution is 7.86. The second-order valence-electron chi connectivity index (χ2n) is 17.2. The van der Waals surface area contributed by atoms with Crippen molar-refractivity contribution >= 4 is 28.8 Å². The van der Waals surface area contributed by atoms with Gasteiger partial charge in [0.15, 0.2) is 5.79 Å². The minimum atomic E-state index is -3.95. The minimum Gasteiger partial charge on any atom is -0.407 e. The van der Waals surface area contributed by atoms with Crippen LogP contribution in [0, 0.1) is 5.92 Å². The fourth-order valence-electron chi connectivity index (χ4n) is 8.72. The Bertz CT molecular complexity index is 2060. The van der Waals surface area contributed by atoms with Gasteiger partial charge in [0.25, 0.3) is 18.4 Å². The van der Waals surface area contributed by atoms with E-state index in [2.05, 4.69) is 88.4 Å². The normalized spacial score (nSPS) is 19.3. The zero-order valence-electron chi connectivity index (χ0n) is 36.2. The molecule has 0 saturated carbocycles. The number of hydrogen-bond acceptors (Lipinski definition) is 7. The van der Waals surface area contributed by atoms with Gasteiger partial charge in [-0.25, -0.2) is 0 Å². The fraction of sp³-hybridized carbons (Fsp3) is 0.373. The van der Waals surface area contributed by atoms with Crippen LogP contribution in [0.2, 0.25) is 5.04 Å². The van der Waals surface area contributed by atoms with E-state index in [1.54, 1.807) is 0 Å². The summed E-state index contributed by atoms with van der Waals surface area (Å²) in [6, 6.07) is 51.3. The van der Waals surface area contributed by atoms with E-state index in [0.29, 0.717) is 6.61 Å². The van der Waals surface area contributed by atoms with Crippen molar-refractivity contribution in [2.45, 2.75) is 95.5 Å². The van der Waals surface area contributed by atoms with Gasteiger partial charge in [-0.3, -0.25) is 4.18 Å². The second kappa shape index (κ2) is 19.7. The summed E-state index contributed by atoms with van der Waals surface area (Å²) in [7, 11) is -6.93. The van der Waals surface area contributed by atoms with Crippen molar-refractivity contribution in [1.82, 2.24) is 0 Å². The third-order valence-electron chi connectivity index (χ3n) is 11.3. The van der Waals surface area contributed by atoms with E-state index >= 15 is 0 Å². The zero-order valence-corrected chi connectivity index (χ0v) is 38.0. The lowest BCUT2D eigenvalue weighted by molar-refractivity contribution is -0.317. The molecule has 60 heavy (non-hydrogen) atoms. The Morgan fingerprint density at radius 2 is 1.17 bits per heavy atom. The smallest absolute Gasteiger partial charge is 0.264 e. The summed E-state index contributed by atoms with van der Waals surface area (Å²) in [5, 5.41) is 2.07. The maximum atomic E-state index is 13.2. The number of allylic oxidation sites excluding steroid dienone is 1. The van der Waals surface area contributed by atoms with E-state index in [1.165, 1.54) is 10.4 Å². The predicted molar refractivity (Wildman–Crippen MR) is 244 cm³/mol. The highest BCUT2D eigenvalue weighted by Gasteiger charge is 2.52. The molecule has 9 heteroatoms. The van der Waals surface area contributed by atoms with Gasteiger partial charge in [0, 0.05) is 18.9 Å².